The minimum absolute atomic E-state index is 0.425. The van der Waals surface area contributed by atoms with E-state index in [1.807, 2.05) is 127 Å². The fraction of sp³-hybridized carbons (Fsp3) is 0. The molecule has 0 saturated carbocycles. The van der Waals surface area contributed by atoms with E-state index in [1.54, 1.807) is 37.2 Å². The van der Waals surface area contributed by atoms with Gasteiger partial charge in [0.25, 0.3) is 0 Å². The van der Waals surface area contributed by atoms with E-state index in [0.29, 0.717) is 85.7 Å². The highest BCUT2D eigenvalue weighted by molar-refractivity contribution is 6.17. The number of para-hydroxylation sites is 12. The highest BCUT2D eigenvalue weighted by Gasteiger charge is 2.43. The van der Waals surface area contributed by atoms with E-state index in [-0.39, 0.29) is 0 Å². The molecule has 0 aliphatic carbocycles. The first kappa shape index (κ1) is 37.2. The second kappa shape index (κ2) is 15.1. The molecule has 3 aromatic heterocycles. The first-order chi connectivity index (χ1) is 32.8. The van der Waals surface area contributed by atoms with Crippen molar-refractivity contribution in [1.82, 2.24) is 29.9 Å². The summed E-state index contributed by atoms with van der Waals surface area (Å²) in [6.45, 7) is 0. The van der Waals surface area contributed by atoms with Crippen LogP contribution < -0.4 is 28.9 Å². The maximum absolute atomic E-state index is 6.71. The van der Waals surface area contributed by atoms with Crippen LogP contribution in [0.1, 0.15) is 0 Å². The zero-order valence-corrected chi connectivity index (χ0v) is 34.8. The van der Waals surface area contributed by atoms with E-state index < -0.39 is 0 Å². The van der Waals surface area contributed by atoms with E-state index in [9.17, 15) is 0 Å². The van der Waals surface area contributed by atoms with Crippen molar-refractivity contribution in [3.8, 4) is 68.7 Å². The Morgan fingerprint density at radius 2 is 0.439 bits per heavy atom. The van der Waals surface area contributed by atoms with Crippen LogP contribution in [0.15, 0.2) is 201 Å². The van der Waals surface area contributed by atoms with Crippen molar-refractivity contribution in [3.63, 3.8) is 0 Å². The summed E-state index contributed by atoms with van der Waals surface area (Å²) in [6, 6.07) is 53.6. The highest BCUT2D eigenvalue weighted by Crippen LogP contribution is 2.66. The van der Waals surface area contributed by atoms with Crippen molar-refractivity contribution in [2.24, 2.45) is 0 Å². The van der Waals surface area contributed by atoms with E-state index in [4.69, 9.17) is 44.1 Å². The second-order valence-corrected chi connectivity index (χ2v) is 15.5. The van der Waals surface area contributed by atoms with Gasteiger partial charge in [-0.1, -0.05) is 72.8 Å². The number of fused-ring (bicyclic) bond motifs is 6. The average molecular weight is 856 g/mol. The van der Waals surface area contributed by atoms with Crippen LogP contribution in [-0.4, -0.2) is 29.9 Å². The largest absolute Gasteiger partial charge is 0.453 e. The lowest BCUT2D eigenvalue weighted by Gasteiger charge is -2.42. The second-order valence-electron chi connectivity index (χ2n) is 15.5. The maximum atomic E-state index is 6.71. The third-order valence-electron chi connectivity index (χ3n) is 11.8. The summed E-state index contributed by atoms with van der Waals surface area (Å²) >= 11 is 0. The molecule has 12 nitrogen and oxygen atoms in total. The molecule has 3 aliphatic heterocycles. The third kappa shape index (κ3) is 5.78. The molecule has 0 spiro atoms. The van der Waals surface area contributed by atoms with Gasteiger partial charge in [-0.25, -0.2) is 29.9 Å². The lowest BCUT2D eigenvalue weighted by Crippen LogP contribution is -2.25. The molecule has 10 aromatic rings. The van der Waals surface area contributed by atoms with Crippen LogP contribution in [0.5, 0.6) is 34.5 Å². The molecule has 0 radical (unpaired) electrons. The van der Waals surface area contributed by atoms with Crippen LogP contribution in [0.25, 0.3) is 34.2 Å². The molecule has 3 aliphatic rings. The Morgan fingerprint density at radius 3 is 0.652 bits per heavy atom. The van der Waals surface area contributed by atoms with Crippen molar-refractivity contribution in [3.05, 3.63) is 201 Å². The van der Waals surface area contributed by atoms with Gasteiger partial charge in [0, 0.05) is 37.2 Å². The van der Waals surface area contributed by atoms with E-state index in [2.05, 4.69) is 51.1 Å². The molecular formula is C54H33N9O3. The normalized spacial score (nSPS) is 12.8. The molecule has 0 saturated heterocycles. The molecule has 0 unspecified atom stereocenters. The summed E-state index contributed by atoms with van der Waals surface area (Å²) < 4.78 is 20.1. The number of hydrogen-bond acceptors (Lipinski definition) is 12. The van der Waals surface area contributed by atoms with Gasteiger partial charge in [0.05, 0.1) is 67.9 Å². The number of benzene rings is 7. The van der Waals surface area contributed by atoms with Crippen molar-refractivity contribution >= 4 is 51.2 Å². The quantitative estimate of drug-likeness (QED) is 0.159. The van der Waals surface area contributed by atoms with Gasteiger partial charge in [0.15, 0.2) is 52.0 Å². The lowest BCUT2D eigenvalue weighted by molar-refractivity contribution is 0.477. The Labute approximate surface area is 378 Å². The molecule has 7 aromatic carbocycles. The molecule has 0 amide bonds. The molecule has 13 rings (SSSR count). The first-order valence-electron chi connectivity index (χ1n) is 21.3. The van der Waals surface area contributed by atoms with Crippen molar-refractivity contribution < 1.29 is 14.2 Å². The Morgan fingerprint density at radius 1 is 0.242 bits per heavy atom. The SMILES string of the molecule is c1cnc(-c2c(N3c4ccccc4Oc4ccccc43)c(-c3ncccn3)c(N3c4ccccc4Oc4ccccc43)c(-c3ncccn3)c2N2c3ccccc3Oc3ccccc32)nc1. The predicted molar refractivity (Wildman–Crippen MR) is 254 cm³/mol. The molecular weight excluding hydrogens is 823 g/mol. The van der Waals surface area contributed by atoms with Gasteiger partial charge in [-0.2, -0.15) is 0 Å². The summed E-state index contributed by atoms with van der Waals surface area (Å²) in [6.07, 6.45) is 10.6. The standard InChI is InChI=1S/C54H33N9O3/c1-7-22-40-34(16-1)61(35-17-2-8-23-41(35)64-40)49-46(52-55-28-13-29-56-52)50(62-36-18-3-9-24-42(36)65-43-25-10-4-19-37(43)62)48(54-59-32-15-33-60-54)51(47(49)53-57-30-14-31-58-53)63-38-20-5-11-26-44(38)66-45-27-12-6-21-39(45)63/h1-33H. The summed E-state index contributed by atoms with van der Waals surface area (Å²) in [4.78, 5) is 37.4. The van der Waals surface area contributed by atoms with Crippen LogP contribution in [0.3, 0.4) is 0 Å². The van der Waals surface area contributed by atoms with Gasteiger partial charge in [-0.05, 0) is 91.0 Å². The highest BCUT2D eigenvalue weighted by atomic mass is 16.5. The zero-order chi connectivity index (χ0) is 43.6. The Kier molecular flexibility index (Phi) is 8.52. The minimum Gasteiger partial charge on any atom is -0.453 e. The molecule has 0 bridgehead atoms. The Bertz CT molecular complexity index is 2980. The van der Waals surface area contributed by atoms with Crippen LogP contribution in [0, 0.1) is 0 Å². The monoisotopic (exact) mass is 855 g/mol. The smallest absolute Gasteiger partial charge is 0.163 e. The number of anilines is 9. The Balaban J connectivity index is 1.34. The number of hydrogen-bond donors (Lipinski definition) is 0. The fourth-order valence-electron chi connectivity index (χ4n) is 9.14. The molecule has 6 heterocycles. The topological polar surface area (TPSA) is 115 Å². The van der Waals surface area contributed by atoms with Gasteiger partial charge in [0.1, 0.15) is 0 Å². The molecule has 0 fully saturated rings. The molecule has 0 atom stereocenters. The first-order valence-corrected chi connectivity index (χ1v) is 21.3. The van der Waals surface area contributed by atoms with E-state index in [0.717, 1.165) is 34.1 Å². The van der Waals surface area contributed by atoms with Gasteiger partial charge < -0.3 is 28.9 Å². The third-order valence-corrected chi connectivity index (χ3v) is 11.8. The predicted octanol–water partition coefficient (Wildman–Crippen LogP) is 13.8. The number of rotatable bonds is 6. The average Bonchev–Trinajstić information content (AvgIpc) is 3.39. The zero-order valence-electron chi connectivity index (χ0n) is 34.8. The maximum Gasteiger partial charge on any atom is 0.163 e. The van der Waals surface area contributed by atoms with Crippen molar-refractivity contribution in [1.29, 1.82) is 0 Å². The molecule has 0 N–H and O–H groups in total. The molecule has 66 heavy (non-hydrogen) atoms. The minimum atomic E-state index is 0.425. The van der Waals surface area contributed by atoms with Crippen LogP contribution in [0.2, 0.25) is 0 Å². The van der Waals surface area contributed by atoms with E-state index >= 15 is 0 Å². The summed E-state index contributed by atoms with van der Waals surface area (Å²) in [7, 11) is 0. The molecule has 312 valence electrons. The number of aromatic nitrogens is 6. The van der Waals surface area contributed by atoms with Gasteiger partial charge in [-0.15, -0.1) is 0 Å². The number of ether oxygens (including phenoxy) is 3. The van der Waals surface area contributed by atoms with Crippen LogP contribution >= 0.6 is 0 Å². The summed E-state index contributed by atoms with van der Waals surface area (Å²) in [5.41, 5.74) is 8.57. The fourth-order valence-corrected chi connectivity index (χ4v) is 9.14. The van der Waals surface area contributed by atoms with Gasteiger partial charge in [-0.3, -0.25) is 0 Å². The summed E-state index contributed by atoms with van der Waals surface area (Å²) in [5.74, 6) is 5.19. The number of nitrogens with zero attached hydrogens (tertiary/aromatic N) is 9. The summed E-state index contributed by atoms with van der Waals surface area (Å²) in [5, 5.41) is 0. The molecule has 12 heteroatoms. The van der Waals surface area contributed by atoms with Gasteiger partial charge in [0.2, 0.25) is 0 Å². The van der Waals surface area contributed by atoms with Crippen molar-refractivity contribution in [2.45, 2.75) is 0 Å². The Hall–Kier alpha value is -9.42. The van der Waals surface area contributed by atoms with E-state index in [1.165, 1.54) is 0 Å². The van der Waals surface area contributed by atoms with Crippen LogP contribution in [0.4, 0.5) is 51.2 Å². The lowest BCUT2D eigenvalue weighted by atomic mass is 9.89. The van der Waals surface area contributed by atoms with Crippen LogP contribution in [-0.2, 0) is 0 Å². The van der Waals surface area contributed by atoms with Crippen molar-refractivity contribution in [2.75, 3.05) is 14.7 Å². The van der Waals surface area contributed by atoms with Gasteiger partial charge >= 0.3 is 0 Å².